The third kappa shape index (κ3) is 1.47. The highest BCUT2D eigenvalue weighted by Crippen LogP contribution is 2.69. The second-order valence-corrected chi connectivity index (χ2v) is 8.14. The number of halogens is 2. The second-order valence-electron chi connectivity index (χ2n) is 7.33. The minimum Gasteiger partial charge on any atom is -0.549 e. The summed E-state index contributed by atoms with van der Waals surface area (Å²) < 4.78 is 0. The number of carbonyl (C=O) groups is 1. The first kappa shape index (κ1) is 15.2. The van der Waals surface area contributed by atoms with E-state index in [2.05, 4.69) is 11.9 Å². The van der Waals surface area contributed by atoms with Crippen molar-refractivity contribution in [2.75, 3.05) is 0 Å². The van der Waals surface area contributed by atoms with Gasteiger partial charge in [0.15, 0.2) is 0 Å². The van der Waals surface area contributed by atoms with E-state index in [0.717, 1.165) is 12.1 Å². The van der Waals surface area contributed by atoms with E-state index >= 15 is 0 Å². The van der Waals surface area contributed by atoms with Crippen LogP contribution in [-0.4, -0.2) is 15.9 Å². The Morgan fingerprint density at radius 3 is 2.09 bits per heavy atom. The number of carboxylic acid groups (broad SMARTS) is 1. The van der Waals surface area contributed by atoms with Gasteiger partial charge in [-0.2, -0.15) is 0 Å². The number of carbonyl (C=O) groups excluding carboxylic acids is 1. The molecule has 2 aliphatic rings. The first-order valence-electron chi connectivity index (χ1n) is 7.54. The first-order valence-corrected chi connectivity index (χ1v) is 8.30. The molecule has 120 valence electrons. The summed E-state index contributed by atoms with van der Waals surface area (Å²) in [6.45, 7) is 6.02. The molecule has 1 aromatic carbocycles. The number of aliphatic carboxylic acids is 1. The molecule has 1 heterocycles. The Kier molecular flexibility index (Phi) is 2.75. The molecular formula is C17H15Cl2N2O2-. The first-order chi connectivity index (χ1) is 10.6. The highest BCUT2D eigenvalue weighted by molar-refractivity contribution is 6.42. The van der Waals surface area contributed by atoms with Gasteiger partial charge in [-0.3, -0.25) is 0 Å². The Morgan fingerprint density at radius 1 is 1.04 bits per heavy atom. The Morgan fingerprint density at radius 2 is 1.57 bits per heavy atom. The van der Waals surface area contributed by atoms with Crippen molar-refractivity contribution in [1.29, 1.82) is 0 Å². The van der Waals surface area contributed by atoms with E-state index in [1.165, 1.54) is 0 Å². The summed E-state index contributed by atoms with van der Waals surface area (Å²) in [5, 5.41) is 12.9. The molecule has 1 saturated carbocycles. The quantitative estimate of drug-likeness (QED) is 0.793. The van der Waals surface area contributed by atoms with E-state index in [-0.39, 0.29) is 5.41 Å². The third-order valence-electron chi connectivity index (χ3n) is 6.43. The van der Waals surface area contributed by atoms with E-state index in [0.29, 0.717) is 33.2 Å². The van der Waals surface area contributed by atoms with Gasteiger partial charge in [-0.1, -0.05) is 44.0 Å². The second kappa shape index (κ2) is 4.17. The van der Waals surface area contributed by atoms with Crippen LogP contribution in [0.25, 0.3) is 11.0 Å². The van der Waals surface area contributed by atoms with Crippen molar-refractivity contribution < 1.29 is 9.90 Å². The maximum absolute atomic E-state index is 12.1. The molecule has 2 aliphatic carbocycles. The molecule has 2 unspecified atom stereocenters. The summed E-state index contributed by atoms with van der Waals surface area (Å²) >= 11 is 12.2. The Hall–Kier alpha value is -1.39. The maximum Gasteiger partial charge on any atom is 0.0906 e. The van der Waals surface area contributed by atoms with Gasteiger partial charge < -0.3 is 9.90 Å². The SMILES string of the molecule is CC12CCC(C(=O)[O-])(c3nc4cc(Cl)c(Cl)cc4nc31)C2(C)C. The lowest BCUT2D eigenvalue weighted by molar-refractivity contribution is -0.317. The molecule has 23 heavy (non-hydrogen) atoms. The minimum atomic E-state index is -1.11. The van der Waals surface area contributed by atoms with Gasteiger partial charge >= 0.3 is 0 Å². The standard InChI is InChI=1S/C17H16Cl2N2O2/c1-15(2)16(3)4-5-17(15,14(22)23)13-12(16)20-10-6-8(18)9(19)7-11(10)21-13/h6-7H,4-5H2,1-3H3,(H,22,23)/p-1. The van der Waals surface area contributed by atoms with Crippen LogP contribution < -0.4 is 5.11 Å². The van der Waals surface area contributed by atoms with Gasteiger partial charge in [0.2, 0.25) is 0 Å². The van der Waals surface area contributed by atoms with E-state index in [1.54, 1.807) is 12.1 Å². The van der Waals surface area contributed by atoms with Gasteiger partial charge in [0.05, 0.1) is 43.9 Å². The van der Waals surface area contributed by atoms with E-state index in [1.807, 2.05) is 13.8 Å². The zero-order chi connectivity index (χ0) is 16.8. The molecule has 4 nitrogen and oxygen atoms in total. The highest BCUT2D eigenvalue weighted by Gasteiger charge is 2.70. The van der Waals surface area contributed by atoms with Crippen LogP contribution in [0.2, 0.25) is 10.0 Å². The van der Waals surface area contributed by atoms with Crippen LogP contribution in [0.15, 0.2) is 12.1 Å². The molecule has 0 N–H and O–H groups in total. The van der Waals surface area contributed by atoms with Crippen molar-refractivity contribution in [2.24, 2.45) is 5.41 Å². The molecule has 2 atom stereocenters. The van der Waals surface area contributed by atoms with E-state index in [9.17, 15) is 9.90 Å². The Balaban J connectivity index is 2.13. The number of aromatic nitrogens is 2. The van der Waals surface area contributed by atoms with Gasteiger partial charge in [0.1, 0.15) is 0 Å². The van der Waals surface area contributed by atoms with Gasteiger partial charge in [0, 0.05) is 5.41 Å². The van der Waals surface area contributed by atoms with Crippen molar-refractivity contribution in [1.82, 2.24) is 9.97 Å². The smallest absolute Gasteiger partial charge is 0.0906 e. The largest absolute Gasteiger partial charge is 0.549 e. The molecule has 6 heteroatoms. The van der Waals surface area contributed by atoms with E-state index < -0.39 is 16.8 Å². The van der Waals surface area contributed by atoms with Crippen LogP contribution in [-0.2, 0) is 15.6 Å². The fourth-order valence-electron chi connectivity index (χ4n) is 4.55. The van der Waals surface area contributed by atoms with Crippen LogP contribution in [0.3, 0.4) is 0 Å². The number of benzene rings is 1. The van der Waals surface area contributed by atoms with Crippen LogP contribution in [0, 0.1) is 5.41 Å². The number of rotatable bonds is 1. The van der Waals surface area contributed by atoms with Crippen molar-refractivity contribution >= 4 is 40.2 Å². The van der Waals surface area contributed by atoms with Gasteiger partial charge in [-0.25, -0.2) is 9.97 Å². The lowest BCUT2D eigenvalue weighted by Gasteiger charge is -2.41. The van der Waals surface area contributed by atoms with E-state index in [4.69, 9.17) is 28.2 Å². The summed E-state index contributed by atoms with van der Waals surface area (Å²) in [7, 11) is 0. The van der Waals surface area contributed by atoms with Gasteiger partial charge in [-0.15, -0.1) is 0 Å². The number of carboxylic acids is 1. The van der Waals surface area contributed by atoms with Crippen molar-refractivity contribution in [2.45, 2.75) is 44.4 Å². The molecule has 0 aliphatic heterocycles. The molecule has 0 radical (unpaired) electrons. The number of fused-ring (bicyclic) bond motifs is 6. The Labute approximate surface area is 143 Å². The molecule has 4 rings (SSSR count). The van der Waals surface area contributed by atoms with Crippen molar-refractivity contribution in [3.8, 4) is 0 Å². The minimum absolute atomic E-state index is 0.351. The topological polar surface area (TPSA) is 65.9 Å². The number of hydrogen-bond acceptors (Lipinski definition) is 4. The normalized spacial score (nSPS) is 30.7. The maximum atomic E-state index is 12.1. The lowest BCUT2D eigenvalue weighted by Crippen LogP contribution is -2.52. The zero-order valence-corrected chi connectivity index (χ0v) is 14.5. The fourth-order valence-corrected chi connectivity index (χ4v) is 4.87. The average molecular weight is 350 g/mol. The lowest BCUT2D eigenvalue weighted by atomic mass is 9.64. The van der Waals surface area contributed by atoms with Crippen molar-refractivity contribution in [3.05, 3.63) is 33.6 Å². The number of hydrogen-bond donors (Lipinski definition) is 0. The number of nitrogens with zero attached hydrogens (tertiary/aromatic N) is 2. The highest BCUT2D eigenvalue weighted by atomic mass is 35.5. The Bertz CT molecular complexity index is 896. The van der Waals surface area contributed by atoms with Gasteiger partial charge in [-0.05, 0) is 30.4 Å². The molecular weight excluding hydrogens is 335 g/mol. The fraction of sp³-hybridized carbons (Fsp3) is 0.471. The van der Waals surface area contributed by atoms with Crippen LogP contribution in [0.4, 0.5) is 0 Å². The van der Waals surface area contributed by atoms with Crippen LogP contribution in [0.1, 0.15) is 45.0 Å². The van der Waals surface area contributed by atoms with Crippen LogP contribution >= 0.6 is 23.2 Å². The molecule has 2 aromatic rings. The molecule has 0 saturated heterocycles. The third-order valence-corrected chi connectivity index (χ3v) is 7.15. The van der Waals surface area contributed by atoms with Crippen LogP contribution in [0.5, 0.6) is 0 Å². The average Bonchev–Trinajstić information content (AvgIpc) is 2.75. The summed E-state index contributed by atoms with van der Waals surface area (Å²) in [5.41, 5.74) is 0.500. The summed E-state index contributed by atoms with van der Waals surface area (Å²) in [6.07, 6.45) is 1.27. The monoisotopic (exact) mass is 349 g/mol. The van der Waals surface area contributed by atoms with Gasteiger partial charge in [0.25, 0.3) is 0 Å². The molecule has 0 amide bonds. The predicted molar refractivity (Wildman–Crippen MR) is 86.6 cm³/mol. The molecule has 1 aromatic heterocycles. The predicted octanol–water partition coefficient (Wildman–Crippen LogP) is 3.02. The summed E-state index contributed by atoms with van der Waals surface area (Å²) in [4.78, 5) is 21.5. The summed E-state index contributed by atoms with van der Waals surface area (Å²) in [6, 6.07) is 3.32. The summed E-state index contributed by atoms with van der Waals surface area (Å²) in [5.74, 6) is -1.07. The molecule has 1 fully saturated rings. The molecule has 0 spiro atoms. The molecule has 2 bridgehead atoms. The zero-order valence-electron chi connectivity index (χ0n) is 13.0. The van der Waals surface area contributed by atoms with Crippen molar-refractivity contribution in [3.63, 3.8) is 0 Å².